The predicted molar refractivity (Wildman–Crippen MR) is 72.7 cm³/mol. The van der Waals surface area contributed by atoms with E-state index in [0.717, 1.165) is 24.6 Å². The second kappa shape index (κ2) is 6.38. The molecular formula is C14H21N3O. The van der Waals surface area contributed by atoms with Gasteiger partial charge in [0.25, 0.3) is 5.91 Å². The first-order chi connectivity index (χ1) is 8.79. The van der Waals surface area contributed by atoms with E-state index in [1.165, 1.54) is 25.7 Å². The summed E-state index contributed by atoms with van der Waals surface area (Å²) >= 11 is 0. The zero-order valence-electron chi connectivity index (χ0n) is 10.9. The lowest BCUT2D eigenvalue weighted by molar-refractivity contribution is 0.0946. The quantitative estimate of drug-likeness (QED) is 0.840. The number of aromatic nitrogens is 1. The van der Waals surface area contributed by atoms with Crippen LogP contribution < -0.4 is 10.6 Å². The van der Waals surface area contributed by atoms with Crippen LogP contribution >= 0.6 is 0 Å². The molecule has 0 unspecified atom stereocenters. The van der Waals surface area contributed by atoms with Gasteiger partial charge in [0.2, 0.25) is 0 Å². The molecule has 0 radical (unpaired) electrons. The number of anilines is 1. The molecule has 1 heterocycles. The number of amides is 1. The number of rotatable bonds is 5. The van der Waals surface area contributed by atoms with Gasteiger partial charge in [-0.2, -0.15) is 0 Å². The topological polar surface area (TPSA) is 54.0 Å². The first kappa shape index (κ1) is 12.9. The molecule has 1 aliphatic carbocycles. The van der Waals surface area contributed by atoms with Gasteiger partial charge in [-0.15, -0.1) is 0 Å². The van der Waals surface area contributed by atoms with Crippen molar-refractivity contribution >= 4 is 11.6 Å². The van der Waals surface area contributed by atoms with Gasteiger partial charge in [-0.3, -0.25) is 4.79 Å². The molecule has 1 amide bonds. The first-order valence-electron chi connectivity index (χ1n) is 6.71. The molecule has 4 nitrogen and oxygen atoms in total. The van der Waals surface area contributed by atoms with Crippen molar-refractivity contribution in [3.05, 3.63) is 24.0 Å². The van der Waals surface area contributed by atoms with Crippen LogP contribution in [0.3, 0.4) is 0 Å². The summed E-state index contributed by atoms with van der Waals surface area (Å²) in [5, 5.41) is 5.92. The molecule has 2 N–H and O–H groups in total. The van der Waals surface area contributed by atoms with E-state index in [9.17, 15) is 4.79 Å². The van der Waals surface area contributed by atoms with Crippen molar-refractivity contribution in [1.82, 2.24) is 10.3 Å². The number of nitrogens with zero attached hydrogens (tertiary/aromatic N) is 1. The van der Waals surface area contributed by atoms with Crippen LogP contribution in [0, 0.1) is 5.92 Å². The highest BCUT2D eigenvalue weighted by Crippen LogP contribution is 2.26. The van der Waals surface area contributed by atoms with Gasteiger partial charge in [0.1, 0.15) is 5.69 Å². The second-order valence-corrected chi connectivity index (χ2v) is 4.88. The molecule has 4 heteroatoms. The summed E-state index contributed by atoms with van der Waals surface area (Å²) in [6, 6.07) is 3.61. The maximum atomic E-state index is 11.8. The summed E-state index contributed by atoms with van der Waals surface area (Å²) in [7, 11) is 1.83. The molecule has 1 saturated carbocycles. The van der Waals surface area contributed by atoms with E-state index in [2.05, 4.69) is 15.6 Å². The number of pyridine rings is 1. The molecule has 0 aromatic carbocycles. The van der Waals surface area contributed by atoms with Gasteiger partial charge >= 0.3 is 0 Å². The summed E-state index contributed by atoms with van der Waals surface area (Å²) < 4.78 is 0. The second-order valence-electron chi connectivity index (χ2n) is 4.88. The monoisotopic (exact) mass is 247 g/mol. The minimum Gasteiger partial charge on any atom is -0.387 e. The van der Waals surface area contributed by atoms with E-state index < -0.39 is 0 Å². The zero-order chi connectivity index (χ0) is 12.8. The van der Waals surface area contributed by atoms with Crippen LogP contribution in [0.2, 0.25) is 0 Å². The average Bonchev–Trinajstić information content (AvgIpc) is 2.92. The normalized spacial score (nSPS) is 15.6. The van der Waals surface area contributed by atoms with Crippen molar-refractivity contribution in [1.29, 1.82) is 0 Å². The average molecular weight is 247 g/mol. The highest BCUT2D eigenvalue weighted by atomic mass is 16.1. The van der Waals surface area contributed by atoms with Crippen molar-refractivity contribution in [2.75, 3.05) is 18.9 Å². The molecule has 1 aliphatic rings. The van der Waals surface area contributed by atoms with E-state index in [4.69, 9.17) is 0 Å². The molecule has 0 aliphatic heterocycles. The van der Waals surface area contributed by atoms with Crippen LogP contribution in [0.25, 0.3) is 0 Å². The van der Waals surface area contributed by atoms with Crippen molar-refractivity contribution < 1.29 is 4.79 Å². The Bertz CT molecular complexity index is 383. The molecule has 98 valence electrons. The van der Waals surface area contributed by atoms with Gasteiger partial charge < -0.3 is 10.6 Å². The number of carbonyl (C=O) groups excluding carboxylic acids is 1. The lowest BCUT2D eigenvalue weighted by Gasteiger charge is -2.09. The predicted octanol–water partition coefficient (Wildman–Crippen LogP) is 2.43. The smallest absolute Gasteiger partial charge is 0.269 e. The molecule has 18 heavy (non-hydrogen) atoms. The number of hydrogen-bond donors (Lipinski definition) is 2. The maximum Gasteiger partial charge on any atom is 0.269 e. The Kier molecular flexibility index (Phi) is 4.56. The molecule has 1 aromatic rings. The molecule has 0 saturated heterocycles. The van der Waals surface area contributed by atoms with Crippen LogP contribution in [0.4, 0.5) is 5.69 Å². The highest BCUT2D eigenvalue weighted by molar-refractivity contribution is 5.92. The van der Waals surface area contributed by atoms with Crippen molar-refractivity contribution in [2.45, 2.75) is 32.1 Å². The molecule has 0 spiro atoms. The van der Waals surface area contributed by atoms with Gasteiger partial charge in [-0.05, 0) is 24.5 Å². The van der Waals surface area contributed by atoms with Crippen LogP contribution in [-0.4, -0.2) is 24.5 Å². The molecule has 2 rings (SSSR count). The number of carbonyl (C=O) groups is 1. The molecule has 1 aromatic heterocycles. The molecule has 0 bridgehead atoms. The highest BCUT2D eigenvalue weighted by Gasteiger charge is 2.15. The summed E-state index contributed by atoms with van der Waals surface area (Å²) in [4.78, 5) is 15.9. The maximum absolute atomic E-state index is 11.8. The van der Waals surface area contributed by atoms with Crippen molar-refractivity contribution in [3.63, 3.8) is 0 Å². The zero-order valence-corrected chi connectivity index (χ0v) is 10.9. The lowest BCUT2D eigenvalue weighted by atomic mass is 10.0. The Morgan fingerprint density at radius 1 is 1.39 bits per heavy atom. The summed E-state index contributed by atoms with van der Waals surface area (Å²) in [5.74, 6) is 0.737. The van der Waals surface area contributed by atoms with Gasteiger partial charge in [0, 0.05) is 13.6 Å². The van der Waals surface area contributed by atoms with E-state index in [-0.39, 0.29) is 5.91 Å². The summed E-state index contributed by atoms with van der Waals surface area (Å²) in [6.45, 7) is 0.763. The Morgan fingerprint density at radius 2 is 2.17 bits per heavy atom. The molecule has 0 atom stereocenters. The van der Waals surface area contributed by atoms with E-state index in [0.29, 0.717) is 5.69 Å². The number of hydrogen-bond acceptors (Lipinski definition) is 3. The van der Waals surface area contributed by atoms with Crippen LogP contribution in [0.15, 0.2) is 18.3 Å². The van der Waals surface area contributed by atoms with Crippen LogP contribution in [-0.2, 0) is 0 Å². The van der Waals surface area contributed by atoms with Gasteiger partial charge in [-0.1, -0.05) is 25.7 Å². The molecule has 1 fully saturated rings. The van der Waals surface area contributed by atoms with Gasteiger partial charge in [0.05, 0.1) is 11.9 Å². The van der Waals surface area contributed by atoms with Gasteiger partial charge in [0.15, 0.2) is 0 Å². The van der Waals surface area contributed by atoms with E-state index in [1.54, 1.807) is 12.3 Å². The number of nitrogens with one attached hydrogen (secondary N) is 2. The van der Waals surface area contributed by atoms with Crippen LogP contribution in [0.1, 0.15) is 42.6 Å². The Morgan fingerprint density at radius 3 is 2.78 bits per heavy atom. The Balaban J connectivity index is 1.76. The fourth-order valence-corrected chi connectivity index (χ4v) is 2.46. The minimum atomic E-state index is -0.0735. The van der Waals surface area contributed by atoms with Crippen LogP contribution in [0.5, 0.6) is 0 Å². The third kappa shape index (κ3) is 3.45. The largest absolute Gasteiger partial charge is 0.387 e. The van der Waals surface area contributed by atoms with Gasteiger partial charge in [-0.25, -0.2) is 4.98 Å². The standard InChI is InChI=1S/C14H21N3O/c1-15-12-6-7-13(17-10-12)14(18)16-9-8-11-4-2-3-5-11/h6-7,10-11,15H,2-5,8-9H2,1H3,(H,16,18). The Labute approximate surface area is 108 Å². The third-order valence-corrected chi connectivity index (χ3v) is 3.60. The fourth-order valence-electron chi connectivity index (χ4n) is 2.46. The van der Waals surface area contributed by atoms with Crippen molar-refractivity contribution in [2.24, 2.45) is 5.92 Å². The van der Waals surface area contributed by atoms with E-state index >= 15 is 0 Å². The molecular weight excluding hydrogens is 226 g/mol. The lowest BCUT2D eigenvalue weighted by Crippen LogP contribution is -2.26. The van der Waals surface area contributed by atoms with E-state index in [1.807, 2.05) is 13.1 Å². The first-order valence-corrected chi connectivity index (χ1v) is 6.71. The Hall–Kier alpha value is -1.58. The fraction of sp³-hybridized carbons (Fsp3) is 0.571. The summed E-state index contributed by atoms with van der Waals surface area (Å²) in [5.41, 5.74) is 1.40. The minimum absolute atomic E-state index is 0.0735. The summed E-state index contributed by atoms with van der Waals surface area (Å²) in [6.07, 6.45) is 8.12. The third-order valence-electron chi connectivity index (χ3n) is 3.60. The SMILES string of the molecule is CNc1ccc(C(=O)NCCC2CCCC2)nc1. The van der Waals surface area contributed by atoms with Crippen molar-refractivity contribution in [3.8, 4) is 0 Å².